The Bertz CT molecular complexity index is 2610. The highest BCUT2D eigenvalue weighted by molar-refractivity contribution is 6.31. The topological polar surface area (TPSA) is 48.5 Å². The summed E-state index contributed by atoms with van der Waals surface area (Å²) in [5.41, 5.74) is 6.03. The van der Waals surface area contributed by atoms with Gasteiger partial charge in [-0.25, -0.2) is 9.37 Å². The van der Waals surface area contributed by atoms with E-state index in [2.05, 4.69) is 81.9 Å². The Labute approximate surface area is 267 Å². The fourth-order valence-electron chi connectivity index (χ4n) is 6.53. The van der Waals surface area contributed by atoms with Gasteiger partial charge in [-0.05, 0) is 36.4 Å². The van der Waals surface area contributed by atoms with E-state index in [1.807, 2.05) is 48.5 Å². The molecular weight excluding hydrogens is 593 g/mol. The van der Waals surface area contributed by atoms with Crippen LogP contribution in [-0.2, 0) is 0 Å². The highest BCUT2D eigenvalue weighted by Crippen LogP contribution is 2.41. The molecule has 0 aliphatic rings. The first-order valence-electron chi connectivity index (χ1n) is 14.9. The maximum absolute atomic E-state index is 15.5. The van der Waals surface area contributed by atoms with Gasteiger partial charge in [-0.15, -0.1) is 0 Å². The van der Waals surface area contributed by atoms with Gasteiger partial charge in [0.15, 0.2) is 17.5 Å². The zero-order valence-corrected chi connectivity index (χ0v) is 25.0. The van der Waals surface area contributed by atoms with Crippen molar-refractivity contribution >= 4 is 55.2 Å². The van der Waals surface area contributed by atoms with Crippen LogP contribution >= 0.6 is 11.6 Å². The molecule has 6 aromatic carbocycles. The minimum absolute atomic E-state index is 0.00618. The molecule has 46 heavy (non-hydrogen) atoms. The van der Waals surface area contributed by atoms with Crippen molar-refractivity contribution in [1.82, 2.24) is 24.1 Å². The van der Waals surface area contributed by atoms with Crippen LogP contribution in [0.1, 0.15) is 0 Å². The summed E-state index contributed by atoms with van der Waals surface area (Å²) in [5.74, 6) is 0.438. The lowest BCUT2D eigenvalue weighted by molar-refractivity contribution is 0.630. The van der Waals surface area contributed by atoms with E-state index in [4.69, 9.17) is 26.6 Å². The first-order chi connectivity index (χ1) is 22.7. The van der Waals surface area contributed by atoms with E-state index in [1.165, 1.54) is 6.07 Å². The van der Waals surface area contributed by atoms with Gasteiger partial charge >= 0.3 is 0 Å². The summed E-state index contributed by atoms with van der Waals surface area (Å²) in [7, 11) is 0. The van der Waals surface area contributed by atoms with Crippen molar-refractivity contribution in [2.45, 2.75) is 0 Å². The van der Waals surface area contributed by atoms with Crippen molar-refractivity contribution in [3.63, 3.8) is 0 Å². The molecule has 0 aliphatic carbocycles. The summed E-state index contributed by atoms with van der Waals surface area (Å²) in [5, 5.41) is 4.37. The number of rotatable bonds is 4. The number of aromatic nitrogens is 5. The lowest BCUT2D eigenvalue weighted by Crippen LogP contribution is -2.07. The van der Waals surface area contributed by atoms with E-state index in [1.54, 1.807) is 12.1 Å². The van der Waals surface area contributed by atoms with Gasteiger partial charge in [-0.1, -0.05) is 115 Å². The molecule has 0 spiro atoms. The van der Waals surface area contributed by atoms with Crippen LogP contribution < -0.4 is 0 Å². The molecule has 0 amide bonds. The quantitative estimate of drug-likeness (QED) is 0.198. The summed E-state index contributed by atoms with van der Waals surface area (Å²) in [6.45, 7) is 0. The second-order valence-electron chi connectivity index (χ2n) is 11.1. The average molecular weight is 616 g/mol. The van der Waals surface area contributed by atoms with Gasteiger partial charge in [-0.2, -0.15) is 9.97 Å². The van der Waals surface area contributed by atoms with Gasteiger partial charge in [0.25, 0.3) is 0 Å². The van der Waals surface area contributed by atoms with Crippen molar-refractivity contribution in [3.05, 3.63) is 150 Å². The fraction of sp³-hybridized carbons (Fsp3) is 0. The van der Waals surface area contributed by atoms with Gasteiger partial charge in [-0.3, -0.25) is 4.57 Å². The maximum atomic E-state index is 15.5. The Morgan fingerprint density at radius 1 is 0.478 bits per heavy atom. The Balaban J connectivity index is 1.48. The number of benzene rings is 6. The van der Waals surface area contributed by atoms with Gasteiger partial charge in [0.05, 0.1) is 32.7 Å². The van der Waals surface area contributed by atoms with Crippen LogP contribution in [0.3, 0.4) is 0 Å². The summed E-state index contributed by atoms with van der Waals surface area (Å²) >= 11 is 6.24. The molecule has 3 aromatic heterocycles. The van der Waals surface area contributed by atoms with Gasteiger partial charge < -0.3 is 4.57 Å². The average Bonchev–Trinajstić information content (AvgIpc) is 3.63. The highest BCUT2D eigenvalue weighted by Gasteiger charge is 2.24. The van der Waals surface area contributed by atoms with E-state index in [-0.39, 0.29) is 16.4 Å². The van der Waals surface area contributed by atoms with Crippen molar-refractivity contribution in [2.75, 3.05) is 0 Å². The highest BCUT2D eigenvalue weighted by atomic mass is 35.5. The SMILES string of the molecule is Fc1c(Cl)cccc1-c1nc(-c2ccccc2)nc(-n2c3ccccc3c3ccc4c5ccccc5n(-c5ccccc5)c4c32)n1. The molecule has 9 rings (SSSR count). The lowest BCUT2D eigenvalue weighted by Gasteiger charge is -2.13. The molecule has 0 unspecified atom stereocenters. The monoisotopic (exact) mass is 615 g/mol. The fourth-order valence-corrected chi connectivity index (χ4v) is 6.71. The molecule has 218 valence electrons. The standard InChI is InChI=1S/C39H23ClFN5/c40-31-19-11-18-30(34(31)41)38-42-37(24-12-3-1-4-13-24)43-39(44-38)46-33-21-10-8-17-27(33)29-23-22-28-26-16-7-9-20-32(26)45(35(28)36(29)46)25-14-5-2-6-15-25/h1-23H. The molecule has 7 heteroatoms. The molecule has 0 aliphatic heterocycles. The van der Waals surface area contributed by atoms with Crippen LogP contribution in [0.25, 0.3) is 78.0 Å². The zero-order chi connectivity index (χ0) is 30.8. The third-order valence-electron chi connectivity index (χ3n) is 8.53. The number of hydrogen-bond donors (Lipinski definition) is 0. The molecule has 0 bridgehead atoms. The predicted octanol–water partition coefficient (Wildman–Crippen LogP) is 10.2. The number of para-hydroxylation sites is 3. The summed E-state index contributed by atoms with van der Waals surface area (Å²) in [6, 6.07) is 46.0. The Hall–Kier alpha value is -5.85. The molecule has 9 aromatic rings. The van der Waals surface area contributed by atoms with Crippen LogP contribution in [-0.4, -0.2) is 24.1 Å². The van der Waals surface area contributed by atoms with Crippen LogP contribution in [0.4, 0.5) is 4.39 Å². The number of fused-ring (bicyclic) bond motifs is 7. The number of hydrogen-bond acceptors (Lipinski definition) is 3. The first-order valence-corrected chi connectivity index (χ1v) is 15.3. The van der Waals surface area contributed by atoms with Crippen LogP contribution in [0.2, 0.25) is 5.02 Å². The minimum atomic E-state index is -0.575. The van der Waals surface area contributed by atoms with E-state index in [0.29, 0.717) is 11.8 Å². The molecule has 0 radical (unpaired) electrons. The van der Waals surface area contributed by atoms with E-state index < -0.39 is 5.82 Å². The smallest absolute Gasteiger partial charge is 0.238 e. The minimum Gasteiger partial charge on any atom is -0.307 e. The van der Waals surface area contributed by atoms with Gasteiger partial charge in [0, 0.05) is 32.8 Å². The Morgan fingerprint density at radius 3 is 1.74 bits per heavy atom. The molecule has 0 fully saturated rings. The van der Waals surface area contributed by atoms with E-state index in [0.717, 1.165) is 54.9 Å². The molecule has 0 N–H and O–H groups in total. The molecular formula is C39H23ClFN5. The number of halogens is 2. The summed E-state index contributed by atoms with van der Waals surface area (Å²) in [4.78, 5) is 14.8. The molecule has 5 nitrogen and oxygen atoms in total. The van der Waals surface area contributed by atoms with E-state index in [9.17, 15) is 0 Å². The van der Waals surface area contributed by atoms with Crippen molar-refractivity contribution in [2.24, 2.45) is 0 Å². The first kappa shape index (κ1) is 26.5. The van der Waals surface area contributed by atoms with E-state index >= 15 is 4.39 Å². The van der Waals surface area contributed by atoms with Crippen LogP contribution in [0.15, 0.2) is 140 Å². The maximum Gasteiger partial charge on any atom is 0.238 e. The van der Waals surface area contributed by atoms with Crippen molar-refractivity contribution in [1.29, 1.82) is 0 Å². The van der Waals surface area contributed by atoms with Crippen molar-refractivity contribution in [3.8, 4) is 34.4 Å². The lowest BCUT2D eigenvalue weighted by atomic mass is 10.1. The molecule has 0 saturated heterocycles. The third kappa shape index (κ3) is 3.97. The zero-order valence-electron chi connectivity index (χ0n) is 24.3. The largest absolute Gasteiger partial charge is 0.307 e. The van der Waals surface area contributed by atoms with Gasteiger partial charge in [0.2, 0.25) is 5.95 Å². The Kier molecular flexibility index (Phi) is 5.98. The predicted molar refractivity (Wildman–Crippen MR) is 184 cm³/mol. The normalized spacial score (nSPS) is 11.7. The summed E-state index contributed by atoms with van der Waals surface area (Å²) in [6.07, 6.45) is 0. The molecule has 0 atom stereocenters. The number of nitrogens with zero attached hydrogens (tertiary/aromatic N) is 5. The second kappa shape index (κ2) is 10.4. The van der Waals surface area contributed by atoms with Crippen LogP contribution in [0, 0.1) is 5.82 Å². The van der Waals surface area contributed by atoms with Crippen molar-refractivity contribution < 1.29 is 4.39 Å². The molecule has 3 heterocycles. The Morgan fingerprint density at radius 2 is 1.04 bits per heavy atom. The molecule has 0 saturated carbocycles. The second-order valence-corrected chi connectivity index (χ2v) is 11.6. The third-order valence-corrected chi connectivity index (χ3v) is 8.82. The van der Waals surface area contributed by atoms with Gasteiger partial charge in [0.1, 0.15) is 0 Å². The van der Waals surface area contributed by atoms with Crippen LogP contribution in [0.5, 0.6) is 0 Å². The summed E-state index contributed by atoms with van der Waals surface area (Å²) < 4.78 is 19.9.